The van der Waals surface area contributed by atoms with Crippen LogP contribution in [0.25, 0.3) is 0 Å². The molecular formula is C17H24N2O3S2. The fourth-order valence-electron chi connectivity index (χ4n) is 3.45. The molecule has 24 heavy (non-hydrogen) atoms. The van der Waals surface area contributed by atoms with Crippen LogP contribution in [0.4, 0.5) is 0 Å². The van der Waals surface area contributed by atoms with Crippen LogP contribution in [-0.4, -0.2) is 74.1 Å². The second-order valence-electron chi connectivity index (χ2n) is 6.51. The fourth-order valence-corrected chi connectivity index (χ4v) is 5.73. The molecule has 1 aromatic carbocycles. The monoisotopic (exact) mass is 368 g/mol. The molecule has 5 nitrogen and oxygen atoms in total. The van der Waals surface area contributed by atoms with E-state index >= 15 is 0 Å². The third kappa shape index (κ3) is 4.13. The summed E-state index contributed by atoms with van der Waals surface area (Å²) in [5, 5.41) is 0. The number of thioether (sulfide) groups is 1. The van der Waals surface area contributed by atoms with Gasteiger partial charge in [0.15, 0.2) is 9.84 Å². The number of amides is 1. The molecule has 1 atom stereocenters. The maximum atomic E-state index is 12.6. The Bertz CT molecular complexity index is 680. The van der Waals surface area contributed by atoms with Crippen molar-refractivity contribution in [1.29, 1.82) is 0 Å². The summed E-state index contributed by atoms with van der Waals surface area (Å²) < 4.78 is 23.2. The highest BCUT2D eigenvalue weighted by atomic mass is 32.2. The van der Waals surface area contributed by atoms with Gasteiger partial charge in [-0.15, -0.1) is 0 Å². The van der Waals surface area contributed by atoms with Crippen LogP contribution < -0.4 is 0 Å². The van der Waals surface area contributed by atoms with Crippen molar-refractivity contribution in [2.45, 2.75) is 18.2 Å². The summed E-state index contributed by atoms with van der Waals surface area (Å²) >= 11 is 1.77. The second-order valence-corrected chi connectivity index (χ2v) is 9.61. The Morgan fingerprint density at radius 3 is 2.38 bits per heavy atom. The predicted molar refractivity (Wildman–Crippen MR) is 98.2 cm³/mol. The van der Waals surface area contributed by atoms with Gasteiger partial charge < -0.3 is 4.90 Å². The predicted octanol–water partition coefficient (Wildman–Crippen LogP) is 1.49. The Hall–Kier alpha value is -1.05. The Morgan fingerprint density at radius 2 is 1.83 bits per heavy atom. The van der Waals surface area contributed by atoms with E-state index < -0.39 is 9.84 Å². The summed E-state index contributed by atoms with van der Waals surface area (Å²) in [4.78, 5) is 16.7. The summed E-state index contributed by atoms with van der Waals surface area (Å²) in [6.07, 6.45) is 2.79. The topological polar surface area (TPSA) is 57.7 Å². The SMILES string of the molecule is CSCc1ccc(C(=O)N2CCN([C@@H]3CCS(=O)(=O)C3)CC2)cc1. The van der Waals surface area contributed by atoms with Crippen molar-refractivity contribution in [1.82, 2.24) is 9.80 Å². The van der Waals surface area contributed by atoms with Crippen molar-refractivity contribution in [3.8, 4) is 0 Å². The normalized spacial score (nSPS) is 24.2. The molecule has 2 aliphatic rings. The molecule has 0 unspecified atom stereocenters. The average molecular weight is 369 g/mol. The minimum absolute atomic E-state index is 0.0735. The van der Waals surface area contributed by atoms with Crippen LogP contribution in [0, 0.1) is 0 Å². The highest BCUT2D eigenvalue weighted by Gasteiger charge is 2.34. The van der Waals surface area contributed by atoms with Gasteiger partial charge in [-0.2, -0.15) is 11.8 Å². The minimum atomic E-state index is -2.85. The van der Waals surface area contributed by atoms with E-state index in [-0.39, 0.29) is 17.7 Å². The molecule has 2 aliphatic heterocycles. The van der Waals surface area contributed by atoms with Crippen LogP contribution in [0.2, 0.25) is 0 Å². The molecule has 1 amide bonds. The first-order valence-corrected chi connectivity index (χ1v) is 11.5. The number of hydrogen-bond acceptors (Lipinski definition) is 5. The molecule has 0 aromatic heterocycles. The molecular weight excluding hydrogens is 344 g/mol. The highest BCUT2D eigenvalue weighted by Crippen LogP contribution is 2.20. The second kappa shape index (κ2) is 7.45. The lowest BCUT2D eigenvalue weighted by Gasteiger charge is -2.37. The number of nitrogens with zero attached hydrogens (tertiary/aromatic N) is 2. The minimum Gasteiger partial charge on any atom is -0.336 e. The number of benzene rings is 1. The molecule has 0 spiro atoms. The summed E-state index contributed by atoms with van der Waals surface area (Å²) in [5.41, 5.74) is 1.96. The van der Waals surface area contributed by atoms with Gasteiger partial charge >= 0.3 is 0 Å². The number of rotatable bonds is 4. The molecule has 0 aliphatic carbocycles. The smallest absolute Gasteiger partial charge is 0.253 e. The van der Waals surface area contributed by atoms with Crippen molar-refractivity contribution >= 4 is 27.5 Å². The van der Waals surface area contributed by atoms with Gasteiger partial charge in [-0.25, -0.2) is 8.42 Å². The van der Waals surface area contributed by atoms with E-state index in [9.17, 15) is 13.2 Å². The molecule has 1 aromatic rings. The Morgan fingerprint density at radius 1 is 1.17 bits per heavy atom. The maximum Gasteiger partial charge on any atom is 0.253 e. The van der Waals surface area contributed by atoms with Gasteiger partial charge in [0.25, 0.3) is 5.91 Å². The van der Waals surface area contributed by atoms with E-state index in [2.05, 4.69) is 11.2 Å². The third-order valence-corrected chi connectivity index (χ3v) is 7.21. The molecule has 2 fully saturated rings. The van der Waals surface area contributed by atoms with Gasteiger partial charge in [-0.05, 0) is 30.4 Å². The van der Waals surface area contributed by atoms with Crippen LogP contribution in [0.5, 0.6) is 0 Å². The van der Waals surface area contributed by atoms with Crippen LogP contribution in [0.15, 0.2) is 24.3 Å². The first-order valence-electron chi connectivity index (χ1n) is 8.30. The van der Waals surface area contributed by atoms with Crippen LogP contribution in [-0.2, 0) is 15.6 Å². The third-order valence-electron chi connectivity index (χ3n) is 4.84. The molecule has 3 rings (SSSR count). The van der Waals surface area contributed by atoms with Crippen LogP contribution >= 0.6 is 11.8 Å². The van der Waals surface area contributed by atoms with E-state index in [4.69, 9.17) is 0 Å². The summed E-state index contributed by atoms with van der Waals surface area (Å²) in [6, 6.07) is 7.98. The zero-order chi connectivity index (χ0) is 17.2. The van der Waals surface area contributed by atoms with Crippen LogP contribution in [0.1, 0.15) is 22.3 Å². The molecule has 0 bridgehead atoms. The number of piperazine rings is 1. The quantitative estimate of drug-likeness (QED) is 0.806. The molecule has 2 saturated heterocycles. The lowest BCUT2D eigenvalue weighted by Crippen LogP contribution is -2.52. The van der Waals surface area contributed by atoms with Crippen molar-refractivity contribution in [2.24, 2.45) is 0 Å². The van der Waals surface area contributed by atoms with Gasteiger partial charge in [0.05, 0.1) is 11.5 Å². The lowest BCUT2D eigenvalue weighted by atomic mass is 10.1. The van der Waals surface area contributed by atoms with Gasteiger partial charge in [-0.3, -0.25) is 9.69 Å². The molecule has 0 saturated carbocycles. The molecule has 132 valence electrons. The molecule has 2 heterocycles. The number of hydrogen-bond donors (Lipinski definition) is 0. The zero-order valence-electron chi connectivity index (χ0n) is 14.0. The van der Waals surface area contributed by atoms with Crippen molar-refractivity contribution in [3.63, 3.8) is 0 Å². The Labute approximate surface area is 148 Å². The number of carbonyl (C=O) groups is 1. The summed E-state index contributed by atoms with van der Waals surface area (Å²) in [5.74, 6) is 1.61. The van der Waals surface area contributed by atoms with Gasteiger partial charge in [0, 0.05) is 43.5 Å². The summed E-state index contributed by atoms with van der Waals surface area (Å²) in [6.45, 7) is 2.86. The number of carbonyl (C=O) groups excluding carboxylic acids is 1. The van der Waals surface area contributed by atoms with Gasteiger partial charge in [0.2, 0.25) is 0 Å². The molecule has 7 heteroatoms. The van der Waals surface area contributed by atoms with Gasteiger partial charge in [-0.1, -0.05) is 12.1 Å². The molecule has 0 N–H and O–H groups in total. The van der Waals surface area contributed by atoms with E-state index in [1.54, 1.807) is 11.8 Å². The highest BCUT2D eigenvalue weighted by molar-refractivity contribution is 7.97. The Kier molecular flexibility index (Phi) is 5.52. The lowest BCUT2D eigenvalue weighted by molar-refractivity contribution is 0.0588. The van der Waals surface area contributed by atoms with E-state index in [0.717, 1.165) is 30.8 Å². The first-order chi connectivity index (χ1) is 11.5. The van der Waals surface area contributed by atoms with Crippen molar-refractivity contribution in [2.75, 3.05) is 43.9 Å². The Balaban J connectivity index is 1.55. The van der Waals surface area contributed by atoms with Crippen molar-refractivity contribution < 1.29 is 13.2 Å². The van der Waals surface area contributed by atoms with E-state index in [0.29, 0.717) is 18.8 Å². The number of sulfone groups is 1. The summed E-state index contributed by atoms with van der Waals surface area (Å²) in [7, 11) is -2.85. The van der Waals surface area contributed by atoms with E-state index in [1.165, 1.54) is 5.56 Å². The van der Waals surface area contributed by atoms with E-state index in [1.807, 2.05) is 29.2 Å². The van der Waals surface area contributed by atoms with Crippen LogP contribution in [0.3, 0.4) is 0 Å². The average Bonchev–Trinajstić information content (AvgIpc) is 2.95. The first kappa shape index (κ1) is 17.8. The fraction of sp³-hybridized carbons (Fsp3) is 0.588. The van der Waals surface area contributed by atoms with Gasteiger partial charge in [0.1, 0.15) is 0 Å². The zero-order valence-corrected chi connectivity index (χ0v) is 15.6. The van der Waals surface area contributed by atoms with Crippen molar-refractivity contribution in [3.05, 3.63) is 35.4 Å². The largest absolute Gasteiger partial charge is 0.336 e. The standard InChI is InChI=1S/C17H24N2O3S2/c1-23-12-14-2-4-15(5-3-14)17(20)19-9-7-18(8-10-19)16-6-11-24(21,22)13-16/h2-5,16H,6-13H2,1H3/t16-/m1/s1. The molecule has 0 radical (unpaired) electrons. The maximum absolute atomic E-state index is 12.6.